The summed E-state index contributed by atoms with van der Waals surface area (Å²) < 4.78 is 32.1. The molecule has 0 radical (unpaired) electrons. The molecule has 74 heavy (non-hydrogen) atoms. The van der Waals surface area contributed by atoms with Gasteiger partial charge in [-0.05, 0) is 96.8 Å². The van der Waals surface area contributed by atoms with E-state index in [0.29, 0.717) is 19.3 Å². The molecule has 22 atom stereocenters. The van der Waals surface area contributed by atoms with Crippen LogP contribution in [-0.2, 0) is 62.0 Å². The Labute approximate surface area is 429 Å². The van der Waals surface area contributed by atoms with Crippen molar-refractivity contribution in [1.29, 1.82) is 0 Å². The Morgan fingerprint density at radius 3 is 1.81 bits per heavy atom. The number of ketones is 8. The van der Waals surface area contributed by atoms with E-state index in [2.05, 4.69) is 6.92 Å². The van der Waals surface area contributed by atoms with Crippen molar-refractivity contribution in [2.24, 2.45) is 69.0 Å². The lowest BCUT2D eigenvalue weighted by Gasteiger charge is -2.65. The fraction of sp³-hybridized carbons (Fsp3) is 0.849. The molecule has 4 heterocycles. The zero-order chi connectivity index (χ0) is 55.1. The number of fused-ring (bicyclic) bond motifs is 7. The van der Waals surface area contributed by atoms with Crippen LogP contribution < -0.4 is 0 Å². The first-order chi connectivity index (χ1) is 34.4. The number of hydrogen-bond acceptors (Lipinski definition) is 21. The summed E-state index contributed by atoms with van der Waals surface area (Å²) in [5.41, 5.74) is -14.2. The molecule has 8 rings (SSSR count). The molecule has 0 aromatic heterocycles. The highest BCUT2D eigenvalue weighted by Crippen LogP contribution is 2.80. The lowest BCUT2D eigenvalue weighted by molar-refractivity contribution is -0.384. The molecule has 0 aromatic carbocycles. The Morgan fingerprint density at radius 1 is 0.689 bits per heavy atom. The number of aliphatic hydroxyl groups is 8. The minimum absolute atomic E-state index is 0.105. The molecule has 2 unspecified atom stereocenters. The van der Waals surface area contributed by atoms with Gasteiger partial charge in [0, 0.05) is 36.0 Å². The second kappa shape index (κ2) is 19.0. The molecule has 0 amide bonds. The van der Waals surface area contributed by atoms with Gasteiger partial charge in [-0.25, -0.2) is 0 Å². The van der Waals surface area contributed by atoms with E-state index < -0.39 is 202 Å². The van der Waals surface area contributed by atoms with Crippen LogP contribution >= 0.6 is 0 Å². The fourth-order valence-corrected chi connectivity index (χ4v) is 18.4. The third-order valence-electron chi connectivity index (χ3n) is 20.7. The van der Waals surface area contributed by atoms with Crippen LogP contribution in [0, 0.1) is 69.0 Å². The molecule has 1 spiro atoms. The summed E-state index contributed by atoms with van der Waals surface area (Å²) in [5.74, 6) is -19.8. The van der Waals surface area contributed by atoms with Gasteiger partial charge in [0.05, 0.1) is 25.7 Å². The number of aliphatic hydroxyl groups excluding tert-OH is 7. The molecule has 21 nitrogen and oxygen atoms in total. The lowest BCUT2D eigenvalue weighted by atomic mass is 9.41. The predicted molar refractivity (Wildman–Crippen MR) is 251 cm³/mol. The van der Waals surface area contributed by atoms with Crippen LogP contribution in [0.15, 0.2) is 0 Å². The van der Waals surface area contributed by atoms with Gasteiger partial charge in [0.1, 0.15) is 106 Å². The maximum absolute atomic E-state index is 15.6. The molecule has 21 heteroatoms. The van der Waals surface area contributed by atoms with E-state index in [-0.39, 0.29) is 18.1 Å². The minimum atomic E-state index is -3.15. The Balaban J connectivity index is 1.39. The van der Waals surface area contributed by atoms with Gasteiger partial charge in [0.15, 0.2) is 28.9 Å². The van der Waals surface area contributed by atoms with E-state index in [9.17, 15) is 60.0 Å². The average molecular weight is 1050 g/mol. The van der Waals surface area contributed by atoms with Gasteiger partial charge in [-0.15, -0.1) is 0 Å². The fourth-order valence-electron chi connectivity index (χ4n) is 18.4. The first-order valence-corrected chi connectivity index (χ1v) is 26.1. The van der Waals surface area contributed by atoms with Gasteiger partial charge in [-0.1, -0.05) is 33.6 Å². The maximum atomic E-state index is 15.6. The largest absolute Gasteiger partial charge is 0.394 e. The van der Waals surface area contributed by atoms with Crippen molar-refractivity contribution in [2.45, 2.75) is 192 Å². The third kappa shape index (κ3) is 6.93. The van der Waals surface area contributed by atoms with Crippen LogP contribution in [0.3, 0.4) is 0 Å². The van der Waals surface area contributed by atoms with Crippen molar-refractivity contribution in [2.75, 3.05) is 19.8 Å². The number of carbonyl (C=O) groups excluding carboxylic acids is 8. The molecule has 4 saturated carbocycles. The number of carbonyl (C=O) groups is 8. The average Bonchev–Trinajstić information content (AvgIpc) is 3.69. The van der Waals surface area contributed by atoms with Gasteiger partial charge < -0.3 is 64.5 Å². The number of hydrogen-bond donors (Lipinski definition) is 8. The first-order valence-electron chi connectivity index (χ1n) is 26.1. The van der Waals surface area contributed by atoms with Crippen LogP contribution in [0.1, 0.15) is 114 Å². The standard InChI is InChI=1S/C53H76O21/c1-21-43-48(10)17-32(63)36-30(15-14-29-13-11-12-16-47(29,36)9)44(48)51(69,45-40(67)39(66)42(34(19-55)71-45)73-46-41(68)38(65)37(64)33(18-54)72-46)52(43,28(8)62)74-53(21)50(26(6)60,27(7)61)49(24(4)58,25(5)59)31(20-70-53)35(22(2)56)23(3)57/h21,29-31,33-46,54-55,64-69H,11-20H2,1-10H3/t21-,29?,30+,31+,33+,34+,36+,37-,38-,39+,40+,41+,42+,43+,44-,45+,46-,47-,48+,51?,52+,53-/m0/s1. The van der Waals surface area contributed by atoms with Crippen molar-refractivity contribution >= 4 is 46.3 Å². The van der Waals surface area contributed by atoms with Crippen LogP contribution in [-0.4, -0.2) is 185 Å². The molecular formula is C53H76O21. The van der Waals surface area contributed by atoms with Crippen molar-refractivity contribution in [3.8, 4) is 0 Å². The minimum Gasteiger partial charge on any atom is -0.394 e. The highest BCUT2D eigenvalue weighted by molar-refractivity contribution is 6.21. The van der Waals surface area contributed by atoms with E-state index >= 15 is 19.2 Å². The van der Waals surface area contributed by atoms with Crippen LogP contribution in [0.5, 0.6) is 0 Å². The zero-order valence-corrected chi connectivity index (χ0v) is 43.8. The number of rotatable bonds is 13. The van der Waals surface area contributed by atoms with Crippen molar-refractivity contribution in [1.82, 2.24) is 0 Å². The lowest BCUT2D eigenvalue weighted by Crippen LogP contribution is -2.80. The Hall–Kier alpha value is -3.16. The summed E-state index contributed by atoms with van der Waals surface area (Å²) in [6, 6.07) is 0. The SMILES string of the molecule is CC(=O)C(C(C)=O)[C@H]1CO[C@@]2(O[C@]3(C(C)=O)[C@H]([C@@H]2C)[C@@]2(C)CC(=O)[C@H]4[C@@H](CCC5CCCC[C@@]54C)[C@@H]2C3(O)[C@@H]2O[C@H](CO)[C@@H](O[C@@H]3O[C@H](CO)[C@H](O)[C@H](O)[C@H]3O)[C@H](O)[C@H]2O)C(C(C)=O)(C(C)=O)C1(C(C)=O)C(C)=O. The van der Waals surface area contributed by atoms with Gasteiger partial charge in [-0.3, -0.25) is 38.4 Å². The van der Waals surface area contributed by atoms with Gasteiger partial charge in [-0.2, -0.15) is 0 Å². The topological polar surface area (TPSA) is 345 Å². The Morgan fingerprint density at radius 2 is 1.28 bits per heavy atom. The number of Topliss-reactive ketones (excluding diaryl/α,β-unsaturated/α-hetero) is 8. The summed E-state index contributed by atoms with van der Waals surface area (Å²) in [6.07, 6.45) is -15.9. The van der Waals surface area contributed by atoms with Crippen LogP contribution in [0.2, 0.25) is 0 Å². The summed E-state index contributed by atoms with van der Waals surface area (Å²) >= 11 is 0. The third-order valence-corrected chi connectivity index (χ3v) is 20.7. The summed E-state index contributed by atoms with van der Waals surface area (Å²) in [7, 11) is 0. The zero-order valence-electron chi connectivity index (χ0n) is 43.8. The monoisotopic (exact) mass is 1050 g/mol. The van der Waals surface area contributed by atoms with E-state index in [0.717, 1.165) is 67.7 Å². The Bertz CT molecular complexity index is 2310. The first kappa shape index (κ1) is 57.0. The van der Waals surface area contributed by atoms with E-state index in [1.165, 1.54) is 6.92 Å². The molecule has 8 N–H and O–H groups in total. The van der Waals surface area contributed by atoms with Gasteiger partial charge in [0.25, 0.3) is 0 Å². The second-order valence-corrected chi connectivity index (χ2v) is 23.9. The Kier molecular flexibility index (Phi) is 14.7. The summed E-state index contributed by atoms with van der Waals surface area (Å²) in [5, 5.41) is 92.8. The highest BCUT2D eigenvalue weighted by atomic mass is 16.7. The molecular weight excluding hydrogens is 973 g/mol. The maximum Gasteiger partial charge on any atom is 0.193 e. The van der Waals surface area contributed by atoms with Crippen LogP contribution in [0.25, 0.3) is 0 Å². The van der Waals surface area contributed by atoms with Crippen molar-refractivity contribution in [3.05, 3.63) is 0 Å². The second-order valence-electron chi connectivity index (χ2n) is 23.9. The quantitative estimate of drug-likeness (QED) is 0.106. The number of ether oxygens (including phenoxy) is 5. The van der Waals surface area contributed by atoms with E-state index in [1.807, 2.05) is 0 Å². The van der Waals surface area contributed by atoms with Crippen LogP contribution in [0.4, 0.5) is 0 Å². The summed E-state index contributed by atoms with van der Waals surface area (Å²) in [6.45, 7) is 9.21. The predicted octanol–water partition coefficient (Wildman–Crippen LogP) is -0.708. The smallest absolute Gasteiger partial charge is 0.193 e. The van der Waals surface area contributed by atoms with Gasteiger partial charge >= 0.3 is 0 Å². The summed E-state index contributed by atoms with van der Waals surface area (Å²) in [4.78, 5) is 118. The molecule has 4 saturated heterocycles. The molecule has 8 fully saturated rings. The molecule has 8 aliphatic rings. The van der Waals surface area contributed by atoms with Crippen molar-refractivity contribution in [3.63, 3.8) is 0 Å². The van der Waals surface area contributed by atoms with E-state index in [1.54, 1.807) is 6.92 Å². The molecule has 414 valence electrons. The molecule has 4 aliphatic carbocycles. The highest BCUT2D eigenvalue weighted by Gasteiger charge is 2.93. The molecule has 4 aliphatic heterocycles. The van der Waals surface area contributed by atoms with Crippen molar-refractivity contribution < 1.29 is 103 Å². The van der Waals surface area contributed by atoms with Gasteiger partial charge in [0.2, 0.25) is 0 Å². The van der Waals surface area contributed by atoms with E-state index in [4.69, 9.17) is 23.7 Å². The molecule has 0 bridgehead atoms. The normalized spacial score (nSPS) is 48.3. The molecule has 0 aromatic rings.